The van der Waals surface area contributed by atoms with Gasteiger partial charge in [0, 0.05) is 0 Å². The van der Waals surface area contributed by atoms with E-state index < -0.39 is 17.5 Å². The fraction of sp³-hybridized carbons (Fsp3) is 0.571. The molecule has 0 N–H and O–H groups in total. The van der Waals surface area contributed by atoms with Gasteiger partial charge in [0.1, 0.15) is 17.5 Å². The number of halogens is 3. The molecular formula is C28H35F3. The van der Waals surface area contributed by atoms with Crippen molar-refractivity contribution in [2.24, 2.45) is 17.8 Å². The van der Waals surface area contributed by atoms with Crippen LogP contribution in [0.5, 0.6) is 0 Å². The molecule has 2 aliphatic carbocycles. The molecule has 0 spiro atoms. The van der Waals surface area contributed by atoms with E-state index >= 15 is 0 Å². The highest BCUT2D eigenvalue weighted by atomic mass is 19.1. The molecule has 2 aromatic carbocycles. The van der Waals surface area contributed by atoms with Crippen LogP contribution >= 0.6 is 0 Å². The molecule has 0 radical (unpaired) electrons. The second-order valence-electron chi connectivity index (χ2n) is 9.92. The van der Waals surface area contributed by atoms with Crippen molar-refractivity contribution >= 4 is 0 Å². The van der Waals surface area contributed by atoms with Crippen molar-refractivity contribution in [2.45, 2.75) is 83.5 Å². The Labute approximate surface area is 185 Å². The van der Waals surface area contributed by atoms with Crippen molar-refractivity contribution in [3.63, 3.8) is 0 Å². The average Bonchev–Trinajstić information content (AvgIpc) is 2.77. The molecule has 168 valence electrons. The Bertz CT molecular complexity index is 834. The molecule has 0 heterocycles. The Morgan fingerprint density at radius 3 is 2.16 bits per heavy atom. The summed E-state index contributed by atoms with van der Waals surface area (Å²) in [5, 5.41) is 0. The van der Waals surface area contributed by atoms with Gasteiger partial charge in [0.15, 0.2) is 0 Å². The first-order chi connectivity index (χ1) is 15.0. The minimum absolute atomic E-state index is 0.0546. The predicted molar refractivity (Wildman–Crippen MR) is 121 cm³/mol. The summed E-state index contributed by atoms with van der Waals surface area (Å²) in [6.45, 7) is 2.26. The van der Waals surface area contributed by atoms with E-state index in [0.29, 0.717) is 11.5 Å². The first kappa shape index (κ1) is 22.4. The monoisotopic (exact) mass is 428 g/mol. The standard InChI is InChI=1S/C28H35F3/c1-2-3-4-5-6-19-7-8-22-16-23(10-9-21(22)15-19)24-17-26(30)28(27(31)18-24)20-11-13-25(29)14-12-20/h11-14,17-19,21-23H,2-10,15-16H2,1H3. The highest BCUT2D eigenvalue weighted by Crippen LogP contribution is 2.48. The van der Waals surface area contributed by atoms with E-state index in [1.54, 1.807) is 0 Å². The van der Waals surface area contributed by atoms with Gasteiger partial charge in [-0.05, 0) is 91.2 Å². The van der Waals surface area contributed by atoms with Gasteiger partial charge in [-0.1, -0.05) is 57.6 Å². The van der Waals surface area contributed by atoms with Crippen molar-refractivity contribution in [2.75, 3.05) is 0 Å². The molecule has 2 aliphatic rings. The van der Waals surface area contributed by atoms with Gasteiger partial charge in [-0.25, -0.2) is 13.2 Å². The SMILES string of the molecule is CCCCCCC1CCC2CC(c3cc(F)c(-c4ccc(F)cc4)c(F)c3)CCC2C1. The van der Waals surface area contributed by atoms with Gasteiger partial charge in [-0.15, -0.1) is 0 Å². The van der Waals surface area contributed by atoms with E-state index in [4.69, 9.17) is 0 Å². The van der Waals surface area contributed by atoms with Gasteiger partial charge >= 0.3 is 0 Å². The topological polar surface area (TPSA) is 0 Å². The summed E-state index contributed by atoms with van der Waals surface area (Å²) in [4.78, 5) is 0. The Hall–Kier alpha value is -1.77. The second-order valence-corrected chi connectivity index (χ2v) is 9.92. The third kappa shape index (κ3) is 5.35. The number of hydrogen-bond donors (Lipinski definition) is 0. The Balaban J connectivity index is 1.39. The molecule has 4 atom stereocenters. The van der Waals surface area contributed by atoms with Crippen LogP contribution in [0, 0.1) is 35.2 Å². The molecule has 4 rings (SSSR count). The lowest BCUT2D eigenvalue weighted by atomic mass is 9.63. The van der Waals surface area contributed by atoms with Gasteiger partial charge in [0.2, 0.25) is 0 Å². The van der Waals surface area contributed by atoms with Crippen molar-refractivity contribution in [3.05, 3.63) is 59.4 Å². The first-order valence-electron chi connectivity index (χ1n) is 12.3. The van der Waals surface area contributed by atoms with Gasteiger partial charge in [-0.3, -0.25) is 0 Å². The van der Waals surface area contributed by atoms with Gasteiger partial charge < -0.3 is 0 Å². The maximum Gasteiger partial charge on any atom is 0.134 e. The van der Waals surface area contributed by atoms with Crippen LogP contribution in [0.15, 0.2) is 36.4 Å². The lowest BCUT2D eigenvalue weighted by Crippen LogP contribution is -2.30. The Morgan fingerprint density at radius 1 is 0.774 bits per heavy atom. The zero-order chi connectivity index (χ0) is 21.8. The lowest BCUT2D eigenvalue weighted by Gasteiger charge is -2.42. The van der Waals surface area contributed by atoms with E-state index in [1.165, 1.54) is 94.2 Å². The van der Waals surface area contributed by atoms with Crippen LogP contribution < -0.4 is 0 Å². The highest BCUT2D eigenvalue weighted by Gasteiger charge is 2.36. The molecule has 3 heteroatoms. The van der Waals surface area contributed by atoms with E-state index in [0.717, 1.165) is 30.2 Å². The van der Waals surface area contributed by atoms with Crippen LogP contribution in [0.4, 0.5) is 13.2 Å². The van der Waals surface area contributed by atoms with Crippen LogP contribution in [-0.4, -0.2) is 0 Å². The molecule has 2 fully saturated rings. The lowest BCUT2D eigenvalue weighted by molar-refractivity contribution is 0.113. The molecule has 0 bridgehead atoms. The van der Waals surface area contributed by atoms with E-state index in [9.17, 15) is 13.2 Å². The summed E-state index contributed by atoms with van der Waals surface area (Å²) in [5.41, 5.74) is 1.12. The Morgan fingerprint density at radius 2 is 1.45 bits per heavy atom. The van der Waals surface area contributed by atoms with Crippen molar-refractivity contribution < 1.29 is 13.2 Å². The molecule has 0 aliphatic heterocycles. The summed E-state index contributed by atoms with van der Waals surface area (Å²) in [5.74, 6) is 1.14. The summed E-state index contributed by atoms with van der Waals surface area (Å²) >= 11 is 0. The summed E-state index contributed by atoms with van der Waals surface area (Å²) in [6.07, 6.45) is 14.0. The molecule has 0 aromatic heterocycles. The van der Waals surface area contributed by atoms with E-state index in [1.807, 2.05) is 0 Å². The predicted octanol–water partition coefficient (Wildman–Crippen LogP) is 9.04. The van der Waals surface area contributed by atoms with Crippen LogP contribution in [0.3, 0.4) is 0 Å². The van der Waals surface area contributed by atoms with Gasteiger partial charge in [0.05, 0.1) is 5.56 Å². The normalized spacial score (nSPS) is 25.9. The molecule has 4 unspecified atom stereocenters. The quantitative estimate of drug-likeness (QED) is 0.386. The molecule has 2 aromatic rings. The minimum atomic E-state index is -0.542. The maximum atomic E-state index is 14.9. The van der Waals surface area contributed by atoms with E-state index in [2.05, 4.69) is 6.92 Å². The zero-order valence-corrected chi connectivity index (χ0v) is 18.7. The summed E-state index contributed by atoms with van der Waals surface area (Å²) < 4.78 is 42.9. The maximum absolute atomic E-state index is 14.9. The van der Waals surface area contributed by atoms with Crippen molar-refractivity contribution in [3.8, 4) is 11.1 Å². The molecule has 0 amide bonds. The largest absolute Gasteiger partial charge is 0.207 e. The number of fused-ring (bicyclic) bond motifs is 1. The fourth-order valence-corrected chi connectivity index (χ4v) is 6.13. The first-order valence-corrected chi connectivity index (χ1v) is 12.3. The number of benzene rings is 2. The molecular weight excluding hydrogens is 393 g/mol. The average molecular weight is 429 g/mol. The van der Waals surface area contributed by atoms with Crippen molar-refractivity contribution in [1.29, 1.82) is 0 Å². The minimum Gasteiger partial charge on any atom is -0.207 e. The van der Waals surface area contributed by atoms with Crippen LogP contribution in [0.25, 0.3) is 11.1 Å². The highest BCUT2D eigenvalue weighted by molar-refractivity contribution is 5.65. The third-order valence-corrected chi connectivity index (χ3v) is 7.86. The fourth-order valence-electron chi connectivity index (χ4n) is 6.13. The van der Waals surface area contributed by atoms with Crippen LogP contribution in [0.2, 0.25) is 0 Å². The third-order valence-electron chi connectivity index (χ3n) is 7.86. The summed E-state index contributed by atoms with van der Waals surface area (Å²) in [6, 6.07) is 8.39. The van der Waals surface area contributed by atoms with Crippen LogP contribution in [-0.2, 0) is 0 Å². The van der Waals surface area contributed by atoms with Crippen LogP contribution in [0.1, 0.15) is 89.0 Å². The zero-order valence-electron chi connectivity index (χ0n) is 18.7. The number of rotatable bonds is 7. The van der Waals surface area contributed by atoms with E-state index in [-0.39, 0.29) is 11.5 Å². The molecule has 2 saturated carbocycles. The molecule has 31 heavy (non-hydrogen) atoms. The second kappa shape index (κ2) is 10.2. The smallest absolute Gasteiger partial charge is 0.134 e. The molecule has 0 nitrogen and oxygen atoms in total. The number of unbranched alkanes of at least 4 members (excludes halogenated alkanes) is 3. The Kier molecular flexibility index (Phi) is 7.40. The van der Waals surface area contributed by atoms with Gasteiger partial charge in [0.25, 0.3) is 0 Å². The van der Waals surface area contributed by atoms with Gasteiger partial charge in [-0.2, -0.15) is 0 Å². The summed E-state index contributed by atoms with van der Waals surface area (Å²) in [7, 11) is 0. The van der Waals surface area contributed by atoms with Crippen molar-refractivity contribution in [1.82, 2.24) is 0 Å². The molecule has 0 saturated heterocycles. The number of hydrogen-bond acceptors (Lipinski definition) is 0.